The van der Waals surface area contributed by atoms with Crippen LogP contribution in [0.3, 0.4) is 0 Å². The molecule has 0 heterocycles. The van der Waals surface area contributed by atoms with Gasteiger partial charge >= 0.3 is 5.97 Å². The van der Waals surface area contributed by atoms with Crippen molar-refractivity contribution in [1.82, 2.24) is 0 Å². The molecule has 0 aromatic heterocycles. The average Bonchev–Trinajstić information content (AvgIpc) is 2.47. The van der Waals surface area contributed by atoms with Gasteiger partial charge in [-0.25, -0.2) is 0 Å². The Hall–Kier alpha value is -2.62. The third-order valence-electron chi connectivity index (χ3n) is 2.69. The molecule has 1 N–H and O–H groups in total. The van der Waals surface area contributed by atoms with Gasteiger partial charge in [0.2, 0.25) is 0 Å². The molecule has 0 saturated heterocycles. The van der Waals surface area contributed by atoms with Crippen LogP contribution < -0.4 is 5.32 Å². The van der Waals surface area contributed by atoms with E-state index in [2.05, 4.69) is 10.1 Å². The number of amides is 1. The van der Waals surface area contributed by atoms with E-state index in [1.54, 1.807) is 0 Å². The summed E-state index contributed by atoms with van der Waals surface area (Å²) >= 11 is 0. The van der Waals surface area contributed by atoms with Crippen LogP contribution in [0, 0.1) is 0 Å². The van der Waals surface area contributed by atoms with Gasteiger partial charge in [0.25, 0.3) is 5.91 Å². The molecule has 0 aliphatic heterocycles. The Labute approximate surface area is 117 Å². The summed E-state index contributed by atoms with van der Waals surface area (Å²) in [4.78, 5) is 22.4. The Bertz CT molecular complexity index is 608. The van der Waals surface area contributed by atoms with E-state index in [1.165, 1.54) is 6.92 Å². The Morgan fingerprint density at radius 1 is 1.00 bits per heavy atom. The highest BCUT2D eigenvalue weighted by atomic mass is 16.5. The molecule has 0 unspecified atom stereocenters. The van der Waals surface area contributed by atoms with Crippen LogP contribution in [-0.2, 0) is 14.3 Å². The van der Waals surface area contributed by atoms with Gasteiger partial charge in [-0.15, -0.1) is 0 Å². The number of hydrogen-bond acceptors (Lipinski definition) is 3. The van der Waals surface area contributed by atoms with Crippen molar-refractivity contribution in [2.75, 3.05) is 11.9 Å². The summed E-state index contributed by atoms with van der Waals surface area (Å²) in [6.45, 7) is 0.990. The van der Waals surface area contributed by atoms with Crippen LogP contribution in [0.1, 0.15) is 6.92 Å². The van der Waals surface area contributed by atoms with Crippen molar-refractivity contribution in [1.29, 1.82) is 0 Å². The third kappa shape index (κ3) is 3.68. The minimum absolute atomic E-state index is 0.279. The molecule has 0 radical (unpaired) electrons. The second kappa shape index (κ2) is 6.52. The van der Waals surface area contributed by atoms with Crippen LogP contribution in [0.4, 0.5) is 5.69 Å². The summed E-state index contributed by atoms with van der Waals surface area (Å²) in [5, 5.41) is 2.75. The van der Waals surface area contributed by atoms with Crippen molar-refractivity contribution in [2.45, 2.75) is 6.92 Å². The molecule has 2 aromatic rings. The third-order valence-corrected chi connectivity index (χ3v) is 2.69. The molecule has 102 valence electrons. The van der Waals surface area contributed by atoms with E-state index in [0.717, 1.165) is 11.1 Å². The summed E-state index contributed by atoms with van der Waals surface area (Å²) in [7, 11) is 0. The minimum Gasteiger partial charge on any atom is -0.456 e. The van der Waals surface area contributed by atoms with Gasteiger partial charge in [-0.3, -0.25) is 9.59 Å². The predicted molar refractivity (Wildman–Crippen MR) is 77.1 cm³/mol. The lowest BCUT2D eigenvalue weighted by atomic mass is 10.0. The second-order valence-electron chi connectivity index (χ2n) is 4.24. The number of carbonyl (C=O) groups excluding carboxylic acids is 2. The summed E-state index contributed by atoms with van der Waals surface area (Å²) in [6.07, 6.45) is 0. The SMILES string of the molecule is CC(=O)OCC(=O)Nc1ccccc1-c1ccccc1. The summed E-state index contributed by atoms with van der Waals surface area (Å²) < 4.78 is 4.67. The molecule has 0 aliphatic rings. The van der Waals surface area contributed by atoms with Crippen LogP contribution in [0.2, 0.25) is 0 Å². The zero-order valence-electron chi connectivity index (χ0n) is 11.1. The smallest absolute Gasteiger partial charge is 0.303 e. The molecule has 0 bridgehead atoms. The molecule has 0 saturated carbocycles. The van der Waals surface area contributed by atoms with Crippen molar-refractivity contribution in [3.8, 4) is 11.1 Å². The monoisotopic (exact) mass is 269 g/mol. The number of esters is 1. The highest BCUT2D eigenvalue weighted by molar-refractivity contribution is 5.96. The number of carbonyl (C=O) groups is 2. The summed E-state index contributed by atoms with van der Waals surface area (Å²) in [6, 6.07) is 17.2. The number of ether oxygens (including phenoxy) is 1. The highest BCUT2D eigenvalue weighted by Gasteiger charge is 2.08. The Balaban J connectivity index is 2.17. The van der Waals surface area contributed by atoms with Crippen molar-refractivity contribution in [3.63, 3.8) is 0 Å². The molecular weight excluding hydrogens is 254 g/mol. The number of rotatable bonds is 4. The molecule has 0 fully saturated rings. The van der Waals surface area contributed by atoms with Crippen molar-refractivity contribution in [3.05, 3.63) is 54.6 Å². The lowest BCUT2D eigenvalue weighted by Crippen LogP contribution is -2.20. The second-order valence-corrected chi connectivity index (χ2v) is 4.24. The Kier molecular flexibility index (Phi) is 4.50. The zero-order valence-corrected chi connectivity index (χ0v) is 11.1. The normalized spacial score (nSPS) is 9.85. The first kappa shape index (κ1) is 13.8. The molecule has 1 amide bonds. The van der Waals surface area contributed by atoms with Crippen molar-refractivity contribution < 1.29 is 14.3 Å². The van der Waals surface area contributed by atoms with Gasteiger partial charge in [-0.05, 0) is 11.6 Å². The van der Waals surface area contributed by atoms with Crippen LogP contribution in [0.5, 0.6) is 0 Å². The number of anilines is 1. The molecular formula is C16H15NO3. The summed E-state index contributed by atoms with van der Waals surface area (Å²) in [5.74, 6) is -0.833. The van der Waals surface area contributed by atoms with Crippen molar-refractivity contribution in [2.24, 2.45) is 0 Å². The van der Waals surface area contributed by atoms with Gasteiger partial charge in [-0.2, -0.15) is 0 Å². The topological polar surface area (TPSA) is 55.4 Å². The largest absolute Gasteiger partial charge is 0.456 e. The van der Waals surface area contributed by atoms with E-state index in [4.69, 9.17) is 0 Å². The minimum atomic E-state index is -0.475. The van der Waals surface area contributed by atoms with E-state index in [1.807, 2.05) is 54.6 Å². The fourth-order valence-electron chi connectivity index (χ4n) is 1.82. The molecule has 0 atom stereocenters. The van der Waals surface area contributed by atoms with E-state index >= 15 is 0 Å². The predicted octanol–water partition coefficient (Wildman–Crippen LogP) is 2.86. The number of hydrogen-bond donors (Lipinski definition) is 1. The van der Waals surface area contributed by atoms with Gasteiger partial charge in [0, 0.05) is 18.2 Å². The molecule has 2 aromatic carbocycles. The van der Waals surface area contributed by atoms with Gasteiger partial charge in [0.1, 0.15) is 0 Å². The molecule has 0 aliphatic carbocycles. The van der Waals surface area contributed by atoms with Crippen LogP contribution in [0.15, 0.2) is 54.6 Å². The zero-order chi connectivity index (χ0) is 14.4. The van der Waals surface area contributed by atoms with Crippen LogP contribution >= 0.6 is 0 Å². The maximum absolute atomic E-state index is 11.7. The van der Waals surface area contributed by atoms with E-state index < -0.39 is 5.97 Å². The summed E-state index contributed by atoms with van der Waals surface area (Å²) in [5.41, 5.74) is 2.62. The lowest BCUT2D eigenvalue weighted by Gasteiger charge is -2.11. The fourth-order valence-corrected chi connectivity index (χ4v) is 1.82. The van der Waals surface area contributed by atoms with E-state index in [0.29, 0.717) is 5.69 Å². The van der Waals surface area contributed by atoms with Gasteiger partial charge in [0.15, 0.2) is 6.61 Å². The van der Waals surface area contributed by atoms with Crippen LogP contribution in [0.25, 0.3) is 11.1 Å². The Morgan fingerprint density at radius 3 is 2.35 bits per heavy atom. The van der Waals surface area contributed by atoms with Crippen molar-refractivity contribution >= 4 is 17.6 Å². The highest BCUT2D eigenvalue weighted by Crippen LogP contribution is 2.27. The maximum atomic E-state index is 11.7. The van der Waals surface area contributed by atoms with Crippen LogP contribution in [-0.4, -0.2) is 18.5 Å². The van der Waals surface area contributed by atoms with Gasteiger partial charge < -0.3 is 10.1 Å². The lowest BCUT2D eigenvalue weighted by molar-refractivity contribution is -0.144. The quantitative estimate of drug-likeness (QED) is 0.868. The van der Waals surface area contributed by atoms with E-state index in [9.17, 15) is 9.59 Å². The first-order chi connectivity index (χ1) is 9.66. The number of para-hydroxylation sites is 1. The average molecular weight is 269 g/mol. The van der Waals surface area contributed by atoms with Gasteiger partial charge in [-0.1, -0.05) is 48.5 Å². The molecule has 4 heteroatoms. The molecule has 4 nitrogen and oxygen atoms in total. The first-order valence-electron chi connectivity index (χ1n) is 6.24. The number of nitrogens with one attached hydrogen (secondary N) is 1. The molecule has 0 spiro atoms. The number of benzene rings is 2. The fraction of sp³-hybridized carbons (Fsp3) is 0.125. The Morgan fingerprint density at radius 2 is 1.65 bits per heavy atom. The molecule has 20 heavy (non-hydrogen) atoms. The van der Waals surface area contributed by atoms with Gasteiger partial charge in [0.05, 0.1) is 0 Å². The molecule has 2 rings (SSSR count). The van der Waals surface area contributed by atoms with E-state index in [-0.39, 0.29) is 12.5 Å². The standard InChI is InChI=1S/C16H15NO3/c1-12(18)20-11-16(19)17-15-10-6-5-9-14(15)13-7-3-2-4-8-13/h2-10H,11H2,1H3,(H,17,19). The first-order valence-corrected chi connectivity index (χ1v) is 6.24. The maximum Gasteiger partial charge on any atom is 0.303 e.